The van der Waals surface area contributed by atoms with Crippen LogP contribution in [0.4, 0.5) is 31.0 Å². The maximum absolute atomic E-state index is 14.0. The summed E-state index contributed by atoms with van der Waals surface area (Å²) in [6, 6.07) is 19.8. The summed E-state index contributed by atoms with van der Waals surface area (Å²) in [5, 5.41) is 11.1. The van der Waals surface area contributed by atoms with E-state index in [1.807, 2.05) is 76.2 Å². The lowest BCUT2D eigenvalue weighted by molar-refractivity contribution is -0.139. The van der Waals surface area contributed by atoms with Crippen LogP contribution >= 0.6 is 0 Å². The third kappa shape index (κ3) is 12.5. The highest BCUT2D eigenvalue weighted by Gasteiger charge is 2.40. The predicted molar refractivity (Wildman–Crippen MR) is 238 cm³/mol. The van der Waals surface area contributed by atoms with Crippen molar-refractivity contribution in [3.63, 3.8) is 0 Å². The van der Waals surface area contributed by atoms with Gasteiger partial charge in [-0.15, -0.1) is 0 Å². The predicted octanol–water partition coefficient (Wildman–Crippen LogP) is 7.17. The second kappa shape index (κ2) is 22.2. The van der Waals surface area contributed by atoms with Crippen LogP contribution < -0.4 is 26.2 Å². The summed E-state index contributed by atoms with van der Waals surface area (Å²) in [5.41, 5.74) is 4.19. The molecule has 3 aromatic carbocycles. The van der Waals surface area contributed by atoms with Crippen LogP contribution in [0.25, 0.3) is 0 Å². The molecule has 15 nitrogen and oxygen atoms in total. The van der Waals surface area contributed by atoms with E-state index in [9.17, 15) is 33.2 Å². The van der Waals surface area contributed by atoms with Crippen molar-refractivity contribution >= 4 is 52.9 Å². The van der Waals surface area contributed by atoms with E-state index >= 15 is 0 Å². The van der Waals surface area contributed by atoms with Gasteiger partial charge in [0.1, 0.15) is 23.9 Å². The van der Waals surface area contributed by atoms with Crippen LogP contribution in [0, 0.1) is 17.7 Å². The van der Waals surface area contributed by atoms with Gasteiger partial charge in [0.15, 0.2) is 0 Å². The number of rotatable bonds is 12. The molecule has 0 aliphatic carbocycles. The molecule has 0 saturated carbocycles. The monoisotopic (exact) mass is 871 g/mol. The number of alkyl carbamates (subject to hydrolysis) is 2. The lowest BCUT2D eigenvalue weighted by atomic mass is 10.0. The summed E-state index contributed by atoms with van der Waals surface area (Å²) in [6.07, 6.45) is 3.66. The Morgan fingerprint density at radius 3 is 1.65 bits per heavy atom. The van der Waals surface area contributed by atoms with E-state index in [0.29, 0.717) is 30.8 Å². The molecule has 0 bridgehead atoms. The first-order chi connectivity index (χ1) is 30.1. The van der Waals surface area contributed by atoms with E-state index in [1.54, 1.807) is 21.9 Å². The second-order valence-corrected chi connectivity index (χ2v) is 16.9. The van der Waals surface area contributed by atoms with E-state index in [-0.39, 0.29) is 53.4 Å². The molecular weight excluding hydrogens is 810 g/mol. The lowest BCUT2D eigenvalue weighted by Gasteiger charge is -2.33. The average molecular weight is 872 g/mol. The number of likely N-dealkylation sites (tertiary alicyclic amines) is 2. The summed E-state index contributed by atoms with van der Waals surface area (Å²) in [7, 11) is 2.54. The number of ether oxygens (including phenoxy) is 2. The molecule has 0 radical (unpaired) electrons. The molecule has 0 spiro atoms. The molecule has 16 heteroatoms. The van der Waals surface area contributed by atoms with E-state index < -0.39 is 30.3 Å². The van der Waals surface area contributed by atoms with Crippen LogP contribution in [0.5, 0.6) is 0 Å². The molecule has 63 heavy (non-hydrogen) atoms. The van der Waals surface area contributed by atoms with E-state index in [2.05, 4.69) is 30.9 Å². The molecule has 6 rings (SSSR count). The Hall–Kier alpha value is -6.19. The fraction of sp³-hybridized carbons (Fsp3) is 0.489. The van der Waals surface area contributed by atoms with Crippen LogP contribution in [0.1, 0.15) is 96.4 Å². The number of carbonyl (C=O) groups excluding carboxylic acids is 6. The van der Waals surface area contributed by atoms with Crippen molar-refractivity contribution in [2.45, 2.75) is 103 Å². The van der Waals surface area contributed by atoms with E-state index in [1.165, 1.54) is 33.3 Å². The number of amides is 6. The molecule has 5 atom stereocenters. The number of nitrogens with one attached hydrogen (secondary N) is 4. The van der Waals surface area contributed by atoms with Crippen LogP contribution in [0.15, 0.2) is 72.8 Å². The molecule has 3 fully saturated rings. The largest absolute Gasteiger partial charge is 0.453 e. The zero-order valence-electron chi connectivity index (χ0n) is 37.3. The number of benzene rings is 3. The average Bonchev–Trinajstić information content (AvgIpc) is 4.07. The maximum atomic E-state index is 14.0. The summed E-state index contributed by atoms with van der Waals surface area (Å²) >= 11 is 0. The smallest absolute Gasteiger partial charge is 0.407 e. The summed E-state index contributed by atoms with van der Waals surface area (Å²) in [4.78, 5) is 79.6. The topological polar surface area (TPSA) is 179 Å². The number of hydrogen-bond acceptors (Lipinski definition) is 9. The van der Waals surface area contributed by atoms with Crippen molar-refractivity contribution in [3.8, 4) is 0 Å². The van der Waals surface area contributed by atoms with Gasteiger partial charge in [-0.05, 0) is 110 Å². The SMILES string of the molecule is COC(=O)NC(C(=O)N1CCCC1)C(C)C.COC(=O)N[C@H](C(=O)N1CCCC1C(=O)Nc1cccc(C2CCC(c3cccc(NC(C)=O)c3)N2c2ccc(F)cc2)c1)C(C)C. The first-order valence-corrected chi connectivity index (χ1v) is 21.7. The summed E-state index contributed by atoms with van der Waals surface area (Å²) in [6.45, 7) is 11.0. The summed E-state index contributed by atoms with van der Waals surface area (Å²) < 4.78 is 23.2. The van der Waals surface area contributed by atoms with E-state index in [4.69, 9.17) is 4.74 Å². The molecule has 3 aliphatic heterocycles. The van der Waals surface area contributed by atoms with Crippen LogP contribution in [-0.2, 0) is 28.7 Å². The highest BCUT2D eigenvalue weighted by atomic mass is 19.1. The molecule has 0 aromatic heterocycles. The Bertz CT molecular complexity index is 2080. The minimum absolute atomic E-state index is 0.00194. The van der Waals surface area contributed by atoms with Gasteiger partial charge in [0.05, 0.1) is 26.3 Å². The van der Waals surface area contributed by atoms with Gasteiger partial charge in [-0.2, -0.15) is 0 Å². The minimum Gasteiger partial charge on any atom is -0.453 e. The number of nitrogens with zero attached hydrogens (tertiary/aromatic N) is 3. The second-order valence-electron chi connectivity index (χ2n) is 16.9. The van der Waals surface area contributed by atoms with Gasteiger partial charge < -0.3 is 45.4 Å². The van der Waals surface area contributed by atoms with Crippen molar-refractivity contribution in [2.24, 2.45) is 11.8 Å². The van der Waals surface area contributed by atoms with Gasteiger partial charge in [0.25, 0.3) is 0 Å². The Morgan fingerprint density at radius 1 is 0.651 bits per heavy atom. The Balaban J connectivity index is 0.000000394. The maximum Gasteiger partial charge on any atom is 0.407 e. The fourth-order valence-corrected chi connectivity index (χ4v) is 8.53. The molecule has 6 amide bonds. The molecule has 3 saturated heterocycles. The zero-order valence-corrected chi connectivity index (χ0v) is 37.3. The fourth-order valence-electron chi connectivity index (χ4n) is 8.53. The molecular formula is C47H62FN7O8. The van der Waals surface area contributed by atoms with Crippen LogP contribution in [0.2, 0.25) is 0 Å². The van der Waals surface area contributed by atoms with Crippen LogP contribution in [-0.4, -0.2) is 97.6 Å². The third-order valence-corrected chi connectivity index (χ3v) is 11.7. The van der Waals surface area contributed by atoms with Gasteiger partial charge in [0, 0.05) is 43.6 Å². The van der Waals surface area contributed by atoms with Crippen molar-refractivity contribution in [3.05, 3.63) is 89.7 Å². The highest BCUT2D eigenvalue weighted by molar-refractivity contribution is 5.99. The van der Waals surface area contributed by atoms with E-state index in [0.717, 1.165) is 55.6 Å². The molecule has 3 aliphatic rings. The third-order valence-electron chi connectivity index (χ3n) is 11.7. The lowest BCUT2D eigenvalue weighted by Crippen LogP contribution is -2.54. The van der Waals surface area contributed by atoms with Crippen molar-refractivity contribution in [1.82, 2.24) is 20.4 Å². The minimum atomic E-state index is -0.814. The van der Waals surface area contributed by atoms with Gasteiger partial charge in [-0.3, -0.25) is 19.2 Å². The molecule has 4 unspecified atom stereocenters. The number of methoxy groups -OCH3 is 2. The zero-order chi connectivity index (χ0) is 45.8. The quantitative estimate of drug-likeness (QED) is 0.147. The molecule has 340 valence electrons. The van der Waals surface area contributed by atoms with Crippen molar-refractivity contribution < 1.29 is 42.6 Å². The summed E-state index contributed by atoms with van der Waals surface area (Å²) in [5.74, 6) is -1.21. The first-order valence-electron chi connectivity index (χ1n) is 21.7. The van der Waals surface area contributed by atoms with Crippen molar-refractivity contribution in [2.75, 3.05) is 49.4 Å². The van der Waals surface area contributed by atoms with Gasteiger partial charge >= 0.3 is 12.2 Å². The Kier molecular flexibility index (Phi) is 16.9. The number of carbonyl (C=O) groups is 6. The number of anilines is 3. The van der Waals surface area contributed by atoms with Crippen molar-refractivity contribution in [1.29, 1.82) is 0 Å². The van der Waals surface area contributed by atoms with Gasteiger partial charge in [0.2, 0.25) is 23.6 Å². The normalized spacial score (nSPS) is 19.1. The number of halogens is 1. The highest BCUT2D eigenvalue weighted by Crippen LogP contribution is 2.47. The van der Waals surface area contributed by atoms with Gasteiger partial charge in [-0.1, -0.05) is 52.0 Å². The van der Waals surface area contributed by atoms with Crippen LogP contribution in [0.3, 0.4) is 0 Å². The first kappa shape index (κ1) is 47.9. The molecule has 3 heterocycles. The Labute approximate surface area is 369 Å². The molecule has 4 N–H and O–H groups in total. The molecule has 3 aromatic rings. The standard InChI is InChI=1S/C36H42FN5O5.C11H20N2O3/c1-22(2)33(40-36(46)47-4)35(45)41-19-7-12-32(41)34(44)39-28-11-6-9-25(21-28)31-18-17-30(42(31)29-15-13-26(37)14-16-29)24-8-5-10-27(20-24)38-23(3)43;1-8(2)9(12-11(15)16-3)10(14)13-6-4-5-7-13/h5-6,8-11,13-16,20-22,30-33H,7,12,17-19H2,1-4H3,(H,38,43)(H,39,44)(H,40,46);8-9H,4-7H2,1-3H3,(H,12,15)/t30?,31?,32?,33-;/m0./s1. The Morgan fingerprint density at radius 2 is 1.16 bits per heavy atom. The van der Waals surface area contributed by atoms with Gasteiger partial charge in [-0.25, -0.2) is 14.0 Å². The number of hydrogen-bond donors (Lipinski definition) is 4.